The summed E-state index contributed by atoms with van der Waals surface area (Å²) in [5.74, 6) is 0.120. The number of pyridine rings is 1. The van der Waals surface area contributed by atoms with Gasteiger partial charge in [0.2, 0.25) is 5.82 Å². The molecule has 0 spiro atoms. The first-order valence-corrected chi connectivity index (χ1v) is 5.34. The van der Waals surface area contributed by atoms with Crippen LogP contribution in [0.4, 0.5) is 15.9 Å². The zero-order chi connectivity index (χ0) is 13.0. The van der Waals surface area contributed by atoms with E-state index < -0.39 is 0 Å². The zero-order valence-corrected chi connectivity index (χ0v) is 9.81. The minimum Gasteiger partial charge on any atom is -0.399 e. The number of halogens is 1. The van der Waals surface area contributed by atoms with Gasteiger partial charge < -0.3 is 5.73 Å². The Morgan fingerprint density at radius 1 is 1.39 bits per heavy atom. The van der Waals surface area contributed by atoms with E-state index in [1.165, 1.54) is 0 Å². The summed E-state index contributed by atoms with van der Waals surface area (Å²) in [5.41, 5.74) is 10.2. The van der Waals surface area contributed by atoms with Crippen molar-refractivity contribution in [2.24, 2.45) is 0 Å². The molecular formula is C13H12FN4+. The van der Waals surface area contributed by atoms with Crippen molar-refractivity contribution in [3.05, 3.63) is 58.4 Å². The lowest BCUT2D eigenvalue weighted by Gasteiger charge is -1.94. The monoisotopic (exact) mass is 243 g/mol. The molecule has 0 aliphatic rings. The molecule has 18 heavy (non-hydrogen) atoms. The summed E-state index contributed by atoms with van der Waals surface area (Å²) in [4.78, 5) is 7.73. The number of aryl methyl sites for hydroxylation is 1. The molecule has 0 aliphatic heterocycles. The van der Waals surface area contributed by atoms with Gasteiger partial charge in [-0.2, -0.15) is 0 Å². The molecule has 90 valence electrons. The van der Waals surface area contributed by atoms with Crippen LogP contribution in [-0.4, -0.2) is 4.98 Å². The largest absolute Gasteiger partial charge is 0.399 e. The van der Waals surface area contributed by atoms with E-state index in [2.05, 4.69) is 21.4 Å². The van der Waals surface area contributed by atoms with Crippen molar-refractivity contribution < 1.29 is 4.39 Å². The fourth-order valence-corrected chi connectivity index (χ4v) is 1.36. The van der Waals surface area contributed by atoms with E-state index in [0.29, 0.717) is 17.1 Å². The molecule has 2 aromatic rings. The van der Waals surface area contributed by atoms with E-state index in [1.807, 2.05) is 12.1 Å². The van der Waals surface area contributed by atoms with Crippen molar-refractivity contribution in [2.75, 3.05) is 11.2 Å². The first-order chi connectivity index (χ1) is 8.65. The molecule has 0 atom stereocenters. The van der Waals surface area contributed by atoms with Crippen LogP contribution in [0.25, 0.3) is 4.95 Å². The van der Waals surface area contributed by atoms with E-state index in [9.17, 15) is 4.39 Å². The molecule has 0 fully saturated rings. The number of hydrogen-bond donors (Lipinski definition) is 2. The highest BCUT2D eigenvalue weighted by molar-refractivity contribution is 5.47. The third-order valence-corrected chi connectivity index (χ3v) is 2.29. The number of nitrogens with one attached hydrogen (secondary N) is 1. The number of anilines is 2. The van der Waals surface area contributed by atoms with Gasteiger partial charge in [0, 0.05) is 5.69 Å². The molecule has 5 heteroatoms. The Morgan fingerprint density at radius 3 is 2.94 bits per heavy atom. The lowest BCUT2D eigenvalue weighted by molar-refractivity contribution is 0.612. The second kappa shape index (κ2) is 5.15. The van der Waals surface area contributed by atoms with Gasteiger partial charge in [-0.3, -0.25) is 0 Å². The number of nitrogens with two attached hydrogens (primary N) is 1. The Hall–Kier alpha value is -2.61. The first-order valence-electron chi connectivity index (χ1n) is 5.34. The minimum atomic E-state index is -0.343. The molecule has 4 nitrogen and oxygen atoms in total. The van der Waals surface area contributed by atoms with Crippen LogP contribution in [0, 0.1) is 18.8 Å². The van der Waals surface area contributed by atoms with Gasteiger partial charge in [-0.15, -0.1) is 0 Å². The van der Waals surface area contributed by atoms with Crippen LogP contribution in [0.15, 0.2) is 36.5 Å². The first kappa shape index (κ1) is 11.9. The maximum absolute atomic E-state index is 13.0. The third kappa shape index (κ3) is 2.95. The second-order valence-corrected chi connectivity index (χ2v) is 3.78. The molecule has 1 heterocycles. The summed E-state index contributed by atoms with van der Waals surface area (Å²) in [6, 6.07) is 11.5. The minimum absolute atomic E-state index is 0.343. The Balaban J connectivity index is 2.10. The van der Waals surface area contributed by atoms with Gasteiger partial charge >= 0.3 is 6.07 Å². The summed E-state index contributed by atoms with van der Waals surface area (Å²) >= 11 is 0. The molecule has 0 saturated carbocycles. The summed E-state index contributed by atoms with van der Waals surface area (Å²) in [6.07, 6.45) is 1.15. The Morgan fingerprint density at radius 2 is 2.22 bits per heavy atom. The van der Waals surface area contributed by atoms with E-state index >= 15 is 0 Å². The topological polar surface area (TPSA) is 55.3 Å². The highest BCUT2D eigenvalue weighted by atomic mass is 19.1. The van der Waals surface area contributed by atoms with Crippen molar-refractivity contribution in [3.63, 3.8) is 0 Å². The molecule has 0 unspecified atom stereocenters. The van der Waals surface area contributed by atoms with Gasteiger partial charge in [-0.05, 0) is 42.2 Å². The van der Waals surface area contributed by atoms with E-state index in [0.717, 1.165) is 11.8 Å². The average molecular weight is 243 g/mol. The van der Waals surface area contributed by atoms with E-state index in [1.54, 1.807) is 25.1 Å². The van der Waals surface area contributed by atoms with Crippen molar-refractivity contribution in [1.82, 2.24) is 4.98 Å². The van der Waals surface area contributed by atoms with Gasteiger partial charge in [0.05, 0.1) is 11.2 Å². The fraction of sp³-hybridized carbons (Fsp3) is 0.0769. The lowest BCUT2D eigenvalue weighted by atomic mass is 10.2. The van der Waals surface area contributed by atoms with Crippen LogP contribution >= 0.6 is 0 Å². The molecule has 3 N–H and O–H groups in total. The smallest absolute Gasteiger partial charge is 0.357 e. The predicted molar refractivity (Wildman–Crippen MR) is 69.8 cm³/mol. The van der Waals surface area contributed by atoms with Crippen LogP contribution in [0.1, 0.15) is 11.1 Å². The van der Waals surface area contributed by atoms with Crippen molar-refractivity contribution >= 4 is 11.5 Å². The van der Waals surface area contributed by atoms with Crippen molar-refractivity contribution in [1.29, 1.82) is 0 Å². The Bertz CT molecular complexity index is 628. The molecule has 1 aromatic carbocycles. The number of aromatic nitrogens is 1. The number of nitrogen functional groups attached to an aromatic ring is 1. The molecule has 0 bridgehead atoms. The molecule has 0 amide bonds. The number of hydrogen-bond acceptors (Lipinski definition) is 3. The normalized spacial score (nSPS) is 9.44. The van der Waals surface area contributed by atoms with Crippen LogP contribution in [0.3, 0.4) is 0 Å². The molecular weight excluding hydrogens is 231 g/mol. The lowest BCUT2D eigenvalue weighted by Crippen LogP contribution is -1.92. The Labute approximate surface area is 104 Å². The number of nitrogens with zero attached hydrogens (tertiary/aromatic N) is 2. The molecule has 0 aliphatic carbocycles. The molecule has 0 radical (unpaired) electrons. The summed E-state index contributed by atoms with van der Waals surface area (Å²) in [7, 11) is 0. The number of rotatable bonds is 1. The highest BCUT2D eigenvalue weighted by Gasteiger charge is 2.03. The SMILES string of the molecule is Cc1cc(N[N+]#Cc2cccc(N)c2)ncc1F. The summed E-state index contributed by atoms with van der Waals surface area (Å²) < 4.78 is 13.0. The van der Waals surface area contributed by atoms with Crippen LogP contribution in [0.5, 0.6) is 0 Å². The summed E-state index contributed by atoms with van der Waals surface area (Å²) in [6.45, 7) is 1.66. The van der Waals surface area contributed by atoms with Gasteiger partial charge in [-0.1, -0.05) is 6.07 Å². The van der Waals surface area contributed by atoms with Gasteiger partial charge in [0.25, 0.3) is 0 Å². The second-order valence-electron chi connectivity index (χ2n) is 3.78. The van der Waals surface area contributed by atoms with E-state index in [4.69, 9.17) is 5.73 Å². The molecule has 1 aromatic heterocycles. The highest BCUT2D eigenvalue weighted by Crippen LogP contribution is 2.10. The Kier molecular flexibility index (Phi) is 3.39. The van der Waals surface area contributed by atoms with Crippen LogP contribution < -0.4 is 11.2 Å². The third-order valence-electron chi connectivity index (χ3n) is 2.29. The van der Waals surface area contributed by atoms with E-state index in [-0.39, 0.29) is 5.82 Å². The number of benzene rings is 1. The maximum Gasteiger partial charge on any atom is 0.357 e. The standard InChI is InChI=1S/C13H12FN4/c1-9-5-13(16-8-12(9)14)18-17-7-10-3-2-4-11(15)6-10/h2-6,8H,15H2,1H3,(H,16,18)/q+1. The average Bonchev–Trinajstić information content (AvgIpc) is 2.34. The van der Waals surface area contributed by atoms with Crippen molar-refractivity contribution in [2.45, 2.75) is 6.92 Å². The molecule has 2 rings (SSSR count). The summed E-state index contributed by atoms with van der Waals surface area (Å²) in [5, 5.41) is 0. The van der Waals surface area contributed by atoms with Gasteiger partial charge in [-0.25, -0.2) is 9.37 Å². The zero-order valence-electron chi connectivity index (χ0n) is 9.81. The van der Waals surface area contributed by atoms with Gasteiger partial charge in [0.15, 0.2) is 0 Å². The van der Waals surface area contributed by atoms with Gasteiger partial charge in [0.1, 0.15) is 11.4 Å². The van der Waals surface area contributed by atoms with Crippen molar-refractivity contribution in [3.8, 4) is 6.07 Å². The maximum atomic E-state index is 13.0. The fourth-order valence-electron chi connectivity index (χ4n) is 1.36. The van der Waals surface area contributed by atoms with Crippen LogP contribution in [0.2, 0.25) is 0 Å². The quantitative estimate of drug-likeness (QED) is 0.598. The van der Waals surface area contributed by atoms with Crippen LogP contribution in [-0.2, 0) is 0 Å². The molecule has 0 saturated heterocycles. The predicted octanol–water partition coefficient (Wildman–Crippen LogP) is 2.82.